The summed E-state index contributed by atoms with van der Waals surface area (Å²) >= 11 is 0. The number of hydrogen-bond acceptors (Lipinski definition) is 1. The van der Waals surface area contributed by atoms with Crippen molar-refractivity contribution >= 4 is 0 Å². The van der Waals surface area contributed by atoms with Crippen molar-refractivity contribution in [1.82, 2.24) is 0 Å². The van der Waals surface area contributed by atoms with Crippen molar-refractivity contribution in [2.24, 2.45) is 0 Å². The molecule has 3 aromatic carbocycles. The molecule has 0 aliphatic carbocycles. The molecule has 0 bridgehead atoms. The molecular weight excluding hydrogens is 294 g/mol. The van der Waals surface area contributed by atoms with E-state index in [0.29, 0.717) is 12.2 Å². The molecule has 3 rings (SSSR count). The van der Waals surface area contributed by atoms with Crippen LogP contribution in [0.2, 0.25) is 0 Å². The van der Waals surface area contributed by atoms with Crippen LogP contribution in [-0.4, -0.2) is 6.61 Å². The highest BCUT2D eigenvalue weighted by Crippen LogP contribution is 2.34. The van der Waals surface area contributed by atoms with Gasteiger partial charge in [-0.1, -0.05) is 36.4 Å². The van der Waals surface area contributed by atoms with Crippen molar-refractivity contribution in [3.63, 3.8) is 0 Å². The van der Waals surface area contributed by atoms with Crippen LogP contribution in [0.3, 0.4) is 0 Å². The smallest absolute Gasteiger partial charge is 0.133 e. The van der Waals surface area contributed by atoms with Crippen molar-refractivity contribution in [1.29, 1.82) is 0 Å². The van der Waals surface area contributed by atoms with E-state index in [1.807, 2.05) is 55.5 Å². The second-order valence-electron chi connectivity index (χ2n) is 5.13. The van der Waals surface area contributed by atoms with E-state index < -0.39 is 11.6 Å². The lowest BCUT2D eigenvalue weighted by molar-refractivity contribution is 0.340. The van der Waals surface area contributed by atoms with E-state index in [1.165, 1.54) is 12.1 Å². The van der Waals surface area contributed by atoms with E-state index in [-0.39, 0.29) is 0 Å². The summed E-state index contributed by atoms with van der Waals surface area (Å²) in [4.78, 5) is 0. The van der Waals surface area contributed by atoms with Crippen molar-refractivity contribution in [2.75, 3.05) is 6.61 Å². The van der Waals surface area contributed by atoms with E-state index in [2.05, 4.69) is 0 Å². The Kier molecular flexibility index (Phi) is 4.38. The fourth-order valence-corrected chi connectivity index (χ4v) is 2.58. The molecule has 0 aliphatic rings. The monoisotopic (exact) mass is 310 g/mol. The second kappa shape index (κ2) is 6.61. The zero-order valence-electron chi connectivity index (χ0n) is 12.7. The SMILES string of the molecule is CCOc1ccc(-c2ccccc2-c2ccc(F)cc2F)cc1. The Labute approximate surface area is 134 Å². The Bertz CT molecular complexity index is 810. The topological polar surface area (TPSA) is 9.23 Å². The highest BCUT2D eigenvalue weighted by molar-refractivity contribution is 5.83. The van der Waals surface area contributed by atoms with Gasteiger partial charge in [-0.05, 0) is 47.9 Å². The lowest BCUT2D eigenvalue weighted by atomic mass is 9.94. The number of hydrogen-bond donors (Lipinski definition) is 0. The van der Waals surface area contributed by atoms with Crippen LogP contribution in [0.4, 0.5) is 8.78 Å². The third kappa shape index (κ3) is 3.24. The summed E-state index contributed by atoms with van der Waals surface area (Å²) in [6, 6.07) is 18.8. The number of ether oxygens (including phenoxy) is 1. The third-order valence-corrected chi connectivity index (χ3v) is 3.62. The van der Waals surface area contributed by atoms with E-state index in [9.17, 15) is 8.78 Å². The minimum atomic E-state index is -0.579. The van der Waals surface area contributed by atoms with Crippen molar-refractivity contribution in [2.45, 2.75) is 6.92 Å². The molecule has 0 aliphatic heterocycles. The molecule has 0 atom stereocenters. The fraction of sp³-hybridized carbons (Fsp3) is 0.100. The standard InChI is InChI=1S/C20H16F2O/c1-2-23-16-10-7-14(8-11-16)17-5-3-4-6-18(17)19-12-9-15(21)13-20(19)22/h3-13H,2H2,1H3. The van der Waals surface area contributed by atoms with Gasteiger partial charge in [0.25, 0.3) is 0 Å². The number of halogens is 2. The van der Waals surface area contributed by atoms with Gasteiger partial charge in [-0.3, -0.25) is 0 Å². The molecule has 0 aromatic heterocycles. The predicted octanol–water partition coefficient (Wildman–Crippen LogP) is 5.70. The molecule has 1 nitrogen and oxygen atoms in total. The van der Waals surface area contributed by atoms with Gasteiger partial charge < -0.3 is 4.74 Å². The van der Waals surface area contributed by atoms with Gasteiger partial charge in [0.1, 0.15) is 17.4 Å². The van der Waals surface area contributed by atoms with E-state index in [1.54, 1.807) is 0 Å². The maximum atomic E-state index is 14.1. The zero-order valence-corrected chi connectivity index (χ0v) is 12.7. The van der Waals surface area contributed by atoms with E-state index >= 15 is 0 Å². The summed E-state index contributed by atoms with van der Waals surface area (Å²) in [6.45, 7) is 2.54. The molecule has 0 fully saturated rings. The third-order valence-electron chi connectivity index (χ3n) is 3.62. The molecule has 3 aromatic rings. The molecule has 23 heavy (non-hydrogen) atoms. The minimum absolute atomic E-state index is 0.385. The molecule has 0 N–H and O–H groups in total. The summed E-state index contributed by atoms with van der Waals surface area (Å²) in [6.07, 6.45) is 0. The first-order chi connectivity index (χ1) is 11.2. The quantitative estimate of drug-likeness (QED) is 0.601. The predicted molar refractivity (Wildman–Crippen MR) is 88.4 cm³/mol. The lowest BCUT2D eigenvalue weighted by Crippen LogP contribution is -1.92. The first-order valence-corrected chi connectivity index (χ1v) is 7.46. The Balaban J connectivity index is 2.07. The highest BCUT2D eigenvalue weighted by Gasteiger charge is 2.11. The number of benzene rings is 3. The minimum Gasteiger partial charge on any atom is -0.494 e. The maximum Gasteiger partial charge on any atom is 0.133 e. The second-order valence-corrected chi connectivity index (χ2v) is 5.13. The van der Waals surface area contributed by atoms with Gasteiger partial charge >= 0.3 is 0 Å². The molecule has 116 valence electrons. The Morgan fingerprint density at radius 1 is 0.783 bits per heavy atom. The molecule has 0 amide bonds. The fourth-order valence-electron chi connectivity index (χ4n) is 2.58. The largest absolute Gasteiger partial charge is 0.494 e. The van der Waals surface area contributed by atoms with Crippen LogP contribution in [-0.2, 0) is 0 Å². The van der Waals surface area contributed by atoms with Crippen molar-refractivity contribution < 1.29 is 13.5 Å². The normalized spacial score (nSPS) is 10.6. The molecule has 0 saturated heterocycles. The van der Waals surface area contributed by atoms with Crippen LogP contribution >= 0.6 is 0 Å². The summed E-state index contributed by atoms with van der Waals surface area (Å²) in [5, 5.41) is 0. The molecule has 0 spiro atoms. The Hall–Kier alpha value is -2.68. The van der Waals surface area contributed by atoms with Crippen LogP contribution in [0.1, 0.15) is 6.92 Å². The van der Waals surface area contributed by atoms with Crippen LogP contribution in [0.15, 0.2) is 66.7 Å². The van der Waals surface area contributed by atoms with Crippen LogP contribution in [0.25, 0.3) is 22.3 Å². The molecule has 0 radical (unpaired) electrons. The molecule has 0 unspecified atom stereocenters. The van der Waals surface area contributed by atoms with Crippen LogP contribution < -0.4 is 4.74 Å². The summed E-state index contributed by atoms with van der Waals surface area (Å²) < 4.78 is 32.7. The Morgan fingerprint density at radius 2 is 1.48 bits per heavy atom. The average molecular weight is 310 g/mol. The lowest BCUT2D eigenvalue weighted by Gasteiger charge is -2.12. The van der Waals surface area contributed by atoms with Crippen molar-refractivity contribution in [3.05, 3.63) is 78.4 Å². The van der Waals surface area contributed by atoms with Gasteiger partial charge in [-0.25, -0.2) is 8.78 Å². The molecule has 0 heterocycles. The number of rotatable bonds is 4. The summed E-state index contributed by atoms with van der Waals surface area (Å²) in [5.41, 5.74) is 2.96. The molecular formula is C20H16F2O. The average Bonchev–Trinajstić information content (AvgIpc) is 2.56. The van der Waals surface area contributed by atoms with Gasteiger partial charge in [0.2, 0.25) is 0 Å². The van der Waals surface area contributed by atoms with Crippen LogP contribution in [0.5, 0.6) is 5.75 Å². The molecule has 3 heteroatoms. The zero-order chi connectivity index (χ0) is 16.2. The van der Waals surface area contributed by atoms with Crippen molar-refractivity contribution in [3.8, 4) is 28.0 Å². The van der Waals surface area contributed by atoms with Gasteiger partial charge in [-0.2, -0.15) is 0 Å². The first-order valence-electron chi connectivity index (χ1n) is 7.46. The van der Waals surface area contributed by atoms with Gasteiger partial charge in [-0.15, -0.1) is 0 Å². The van der Waals surface area contributed by atoms with Gasteiger partial charge in [0.15, 0.2) is 0 Å². The van der Waals surface area contributed by atoms with Gasteiger partial charge in [0.05, 0.1) is 6.61 Å². The van der Waals surface area contributed by atoms with Crippen LogP contribution in [0, 0.1) is 11.6 Å². The maximum absolute atomic E-state index is 14.1. The highest BCUT2D eigenvalue weighted by atomic mass is 19.1. The summed E-state index contributed by atoms with van der Waals surface area (Å²) in [5.74, 6) is -0.352. The summed E-state index contributed by atoms with van der Waals surface area (Å²) in [7, 11) is 0. The van der Waals surface area contributed by atoms with E-state index in [0.717, 1.165) is 28.5 Å². The van der Waals surface area contributed by atoms with Gasteiger partial charge in [0, 0.05) is 11.6 Å². The first kappa shape index (κ1) is 15.2. The van der Waals surface area contributed by atoms with E-state index in [4.69, 9.17) is 4.74 Å². The Morgan fingerprint density at radius 3 is 2.13 bits per heavy atom. The molecule has 0 saturated carbocycles.